The van der Waals surface area contributed by atoms with Gasteiger partial charge in [0.05, 0.1) is 5.56 Å². The van der Waals surface area contributed by atoms with Gasteiger partial charge in [-0.15, -0.1) is 0 Å². The molecule has 1 aromatic heterocycles. The maximum atomic E-state index is 14.9. The second kappa shape index (κ2) is 9.09. The van der Waals surface area contributed by atoms with Gasteiger partial charge in [0.25, 0.3) is 5.91 Å². The van der Waals surface area contributed by atoms with Crippen molar-refractivity contribution in [2.45, 2.75) is 12.6 Å². The van der Waals surface area contributed by atoms with Crippen molar-refractivity contribution in [2.75, 3.05) is 50.4 Å². The van der Waals surface area contributed by atoms with Crippen molar-refractivity contribution in [3.63, 3.8) is 0 Å². The Morgan fingerprint density at radius 2 is 1.64 bits per heavy atom. The molecule has 0 aliphatic carbocycles. The molecule has 0 spiro atoms. The van der Waals surface area contributed by atoms with Gasteiger partial charge in [0.1, 0.15) is 5.82 Å². The normalized spacial score (nSPS) is 16.6. The quantitative estimate of drug-likeness (QED) is 0.418. The summed E-state index contributed by atoms with van der Waals surface area (Å²) in [6, 6.07) is 10.4. The fourth-order valence-electron chi connectivity index (χ4n) is 4.79. The number of anilines is 2. The van der Waals surface area contributed by atoms with E-state index in [-0.39, 0.29) is 28.5 Å². The molecule has 3 heterocycles. The van der Waals surface area contributed by atoms with Crippen LogP contribution < -0.4 is 16.0 Å². The molecule has 0 atom stereocenters. The fraction of sp³-hybridized carbons (Fsp3) is 0.308. The molecule has 5 rings (SSSR count). The molecule has 1 saturated heterocycles. The maximum absolute atomic E-state index is 14.9. The summed E-state index contributed by atoms with van der Waals surface area (Å²) in [4.78, 5) is 19.6. The van der Waals surface area contributed by atoms with Crippen molar-refractivity contribution in [3.05, 3.63) is 65.1 Å². The van der Waals surface area contributed by atoms with Gasteiger partial charge in [0.2, 0.25) is 5.95 Å². The highest BCUT2D eigenvalue weighted by molar-refractivity contribution is 5.97. The number of hydrogen-bond donors (Lipinski definition) is 2. The molecule has 36 heavy (non-hydrogen) atoms. The Morgan fingerprint density at radius 3 is 2.36 bits per heavy atom. The SMILES string of the molecule is CN1CCN(c2ccc(-c3cc(-c4ccc5c(c4)CCNC5=O)c(N)nc3F)cc2C(F)(F)F)CC1. The lowest BCUT2D eigenvalue weighted by molar-refractivity contribution is -0.137. The van der Waals surface area contributed by atoms with Gasteiger partial charge in [-0.05, 0) is 54.4 Å². The van der Waals surface area contributed by atoms with Crippen LogP contribution in [0.1, 0.15) is 21.5 Å². The van der Waals surface area contributed by atoms with Gasteiger partial charge in [-0.1, -0.05) is 18.2 Å². The molecule has 2 aliphatic heterocycles. The van der Waals surface area contributed by atoms with Crippen molar-refractivity contribution < 1.29 is 22.4 Å². The summed E-state index contributed by atoms with van der Waals surface area (Å²) in [7, 11) is 1.93. The second-order valence-electron chi connectivity index (χ2n) is 9.16. The topological polar surface area (TPSA) is 74.5 Å². The zero-order valence-corrected chi connectivity index (χ0v) is 19.6. The summed E-state index contributed by atoms with van der Waals surface area (Å²) in [5.74, 6) is -1.20. The number of hydrogen-bond acceptors (Lipinski definition) is 5. The first kappa shape index (κ1) is 24.1. The number of benzene rings is 2. The van der Waals surface area contributed by atoms with Crippen LogP contribution in [0.15, 0.2) is 42.5 Å². The number of fused-ring (bicyclic) bond motifs is 1. The molecule has 188 valence electrons. The van der Waals surface area contributed by atoms with Crippen molar-refractivity contribution in [1.29, 1.82) is 0 Å². The molecule has 3 N–H and O–H groups in total. The smallest absolute Gasteiger partial charge is 0.383 e. The maximum Gasteiger partial charge on any atom is 0.418 e. The molecule has 6 nitrogen and oxygen atoms in total. The van der Waals surface area contributed by atoms with Gasteiger partial charge >= 0.3 is 6.18 Å². The molecule has 0 bridgehead atoms. The first-order valence-corrected chi connectivity index (χ1v) is 11.6. The standard InChI is InChI=1S/C26H25F4N5O/c1-34-8-10-35(11-9-34)22-5-3-16(13-21(22)26(28,29)30)19-14-20(24(31)33-23(19)27)15-2-4-18-17(12-15)6-7-32-25(18)36/h2-5,12-14H,6-11H2,1H3,(H2,31,33)(H,32,36). The van der Waals surface area contributed by atoms with Gasteiger partial charge in [0, 0.05) is 55.1 Å². The molecule has 10 heteroatoms. The van der Waals surface area contributed by atoms with Crippen LogP contribution in [0.25, 0.3) is 22.3 Å². The summed E-state index contributed by atoms with van der Waals surface area (Å²) in [5.41, 5.74) is 7.62. The Morgan fingerprint density at radius 1 is 0.944 bits per heavy atom. The van der Waals surface area contributed by atoms with E-state index in [4.69, 9.17) is 5.73 Å². The lowest BCUT2D eigenvalue weighted by atomic mass is 9.93. The van der Waals surface area contributed by atoms with Crippen LogP contribution >= 0.6 is 0 Å². The predicted octanol–water partition coefficient (Wildman–Crippen LogP) is 4.19. The van der Waals surface area contributed by atoms with Gasteiger partial charge in [-0.25, -0.2) is 4.98 Å². The molecular formula is C26H25F4N5O. The third-order valence-corrected chi connectivity index (χ3v) is 6.80. The Bertz CT molecular complexity index is 1330. The van der Waals surface area contributed by atoms with Crippen LogP contribution in [0, 0.1) is 5.95 Å². The number of amides is 1. The van der Waals surface area contributed by atoms with E-state index in [9.17, 15) is 22.4 Å². The van der Waals surface area contributed by atoms with E-state index in [1.165, 1.54) is 18.2 Å². The first-order chi connectivity index (χ1) is 17.1. The average Bonchev–Trinajstić information content (AvgIpc) is 2.84. The monoisotopic (exact) mass is 499 g/mol. The van der Waals surface area contributed by atoms with Gasteiger partial charge in [-0.3, -0.25) is 4.79 Å². The molecule has 2 aliphatic rings. The minimum absolute atomic E-state index is 0.0591. The number of aromatic nitrogens is 1. The van der Waals surface area contributed by atoms with Crippen molar-refractivity contribution in [3.8, 4) is 22.3 Å². The number of pyridine rings is 1. The number of nitrogens with two attached hydrogens (primary N) is 1. The van der Waals surface area contributed by atoms with Crippen LogP contribution in [0.3, 0.4) is 0 Å². The highest BCUT2D eigenvalue weighted by atomic mass is 19.4. The number of piperazine rings is 1. The zero-order valence-electron chi connectivity index (χ0n) is 19.6. The van der Waals surface area contributed by atoms with Crippen LogP contribution in [-0.4, -0.2) is 55.6 Å². The third kappa shape index (κ3) is 4.48. The zero-order chi connectivity index (χ0) is 25.6. The van der Waals surface area contributed by atoms with Crippen molar-refractivity contribution in [1.82, 2.24) is 15.2 Å². The second-order valence-corrected chi connectivity index (χ2v) is 9.16. The van der Waals surface area contributed by atoms with E-state index in [1.807, 2.05) is 7.05 Å². The third-order valence-electron chi connectivity index (χ3n) is 6.80. The summed E-state index contributed by atoms with van der Waals surface area (Å²) in [6.45, 7) is 2.74. The number of halogens is 4. The first-order valence-electron chi connectivity index (χ1n) is 11.6. The minimum atomic E-state index is -4.62. The predicted molar refractivity (Wildman–Crippen MR) is 130 cm³/mol. The van der Waals surface area contributed by atoms with E-state index < -0.39 is 17.7 Å². The van der Waals surface area contributed by atoms with E-state index in [2.05, 4.69) is 15.2 Å². The number of likely N-dealkylation sites (N-methyl/N-ethyl adjacent to an activating group) is 1. The number of nitrogens with one attached hydrogen (secondary N) is 1. The minimum Gasteiger partial charge on any atom is -0.383 e. The molecule has 0 saturated carbocycles. The molecule has 1 fully saturated rings. The summed E-state index contributed by atoms with van der Waals surface area (Å²) in [5, 5.41) is 2.77. The number of nitrogen functional groups attached to an aromatic ring is 1. The van der Waals surface area contributed by atoms with E-state index >= 15 is 0 Å². The summed E-state index contributed by atoms with van der Waals surface area (Å²) in [6.07, 6.45) is -3.99. The van der Waals surface area contributed by atoms with Crippen LogP contribution in [0.4, 0.5) is 29.1 Å². The van der Waals surface area contributed by atoms with Crippen LogP contribution in [-0.2, 0) is 12.6 Å². The molecule has 2 aromatic carbocycles. The number of nitrogens with zero attached hydrogens (tertiary/aromatic N) is 3. The Hall–Kier alpha value is -3.66. The summed E-state index contributed by atoms with van der Waals surface area (Å²) >= 11 is 0. The number of carbonyl (C=O) groups excluding carboxylic acids is 1. The molecule has 3 aromatic rings. The summed E-state index contributed by atoms with van der Waals surface area (Å²) < 4.78 is 57.2. The average molecular weight is 500 g/mol. The molecule has 0 radical (unpaired) electrons. The number of rotatable bonds is 3. The lowest BCUT2D eigenvalue weighted by Crippen LogP contribution is -2.45. The van der Waals surface area contributed by atoms with Gasteiger partial charge in [-0.2, -0.15) is 17.6 Å². The highest BCUT2D eigenvalue weighted by Gasteiger charge is 2.36. The van der Waals surface area contributed by atoms with E-state index in [0.717, 1.165) is 11.6 Å². The van der Waals surface area contributed by atoms with Crippen molar-refractivity contribution >= 4 is 17.4 Å². The van der Waals surface area contributed by atoms with Gasteiger partial charge in [0.15, 0.2) is 0 Å². The van der Waals surface area contributed by atoms with E-state index in [1.54, 1.807) is 23.1 Å². The highest BCUT2D eigenvalue weighted by Crippen LogP contribution is 2.41. The Balaban J connectivity index is 1.57. The Labute approximate surface area is 205 Å². The molecular weight excluding hydrogens is 474 g/mol. The number of carbonyl (C=O) groups is 1. The lowest BCUT2D eigenvalue weighted by Gasteiger charge is -2.35. The van der Waals surface area contributed by atoms with Crippen molar-refractivity contribution in [2.24, 2.45) is 0 Å². The van der Waals surface area contributed by atoms with E-state index in [0.29, 0.717) is 55.8 Å². The van der Waals surface area contributed by atoms with Gasteiger partial charge < -0.3 is 20.9 Å². The van der Waals surface area contributed by atoms with Crippen LogP contribution in [0.5, 0.6) is 0 Å². The Kier molecular flexibility index (Phi) is 6.07. The molecule has 1 amide bonds. The molecule has 0 unspecified atom stereocenters. The van der Waals surface area contributed by atoms with Crippen LogP contribution in [0.2, 0.25) is 0 Å². The fourth-order valence-corrected chi connectivity index (χ4v) is 4.79. The number of alkyl halides is 3. The largest absolute Gasteiger partial charge is 0.418 e.